The van der Waals surface area contributed by atoms with Crippen molar-refractivity contribution in [3.63, 3.8) is 0 Å². The van der Waals surface area contributed by atoms with Crippen molar-refractivity contribution in [3.05, 3.63) is 24.0 Å². The molecule has 1 aromatic heterocycles. The van der Waals surface area contributed by atoms with Gasteiger partial charge in [0, 0.05) is 6.54 Å². The van der Waals surface area contributed by atoms with Gasteiger partial charge in [-0.2, -0.15) is 17.6 Å². The first-order chi connectivity index (χ1) is 6.95. The Morgan fingerprint density at radius 2 is 2.00 bits per heavy atom. The normalized spacial score (nSPS) is 11.1. The van der Waals surface area contributed by atoms with Crippen LogP contribution in [0.15, 0.2) is 18.3 Å². The standard InChI is InChI=1S/C8H8F4N2O.ClH/c9-7(10)8(11,12)15-6-2-1-5(3-13)14-4-6;/h1-2,4,7H,3,13H2;1H. The molecule has 16 heavy (non-hydrogen) atoms. The van der Waals surface area contributed by atoms with Gasteiger partial charge in [-0.1, -0.05) is 0 Å². The highest BCUT2D eigenvalue weighted by atomic mass is 35.5. The van der Waals surface area contributed by atoms with Gasteiger partial charge in [-0.15, -0.1) is 12.4 Å². The highest BCUT2D eigenvalue weighted by molar-refractivity contribution is 5.85. The van der Waals surface area contributed by atoms with Crippen molar-refractivity contribution in [2.45, 2.75) is 19.1 Å². The molecule has 0 atom stereocenters. The molecular weight excluding hydrogens is 252 g/mol. The lowest BCUT2D eigenvalue weighted by atomic mass is 10.3. The lowest BCUT2D eigenvalue weighted by Gasteiger charge is -2.16. The van der Waals surface area contributed by atoms with E-state index < -0.39 is 18.3 Å². The van der Waals surface area contributed by atoms with E-state index in [1.807, 2.05) is 0 Å². The van der Waals surface area contributed by atoms with Gasteiger partial charge in [0.25, 0.3) is 0 Å². The van der Waals surface area contributed by atoms with Crippen LogP contribution in [0.3, 0.4) is 0 Å². The van der Waals surface area contributed by atoms with Gasteiger partial charge in [-0.05, 0) is 12.1 Å². The third-order valence-corrected chi connectivity index (χ3v) is 1.51. The average Bonchev–Trinajstić information content (AvgIpc) is 2.18. The van der Waals surface area contributed by atoms with E-state index >= 15 is 0 Å². The molecular formula is C8H9ClF4N2O. The summed E-state index contributed by atoms with van der Waals surface area (Å²) in [6.45, 7) is 0.130. The van der Waals surface area contributed by atoms with E-state index in [1.54, 1.807) is 0 Å². The maximum atomic E-state index is 12.4. The van der Waals surface area contributed by atoms with E-state index in [2.05, 4.69) is 9.72 Å². The molecule has 92 valence electrons. The minimum atomic E-state index is -4.51. The third kappa shape index (κ3) is 3.82. The fourth-order valence-corrected chi connectivity index (χ4v) is 0.794. The van der Waals surface area contributed by atoms with E-state index in [0.717, 1.165) is 12.3 Å². The number of hydrogen-bond donors (Lipinski definition) is 1. The quantitative estimate of drug-likeness (QED) is 0.845. The Morgan fingerprint density at radius 1 is 1.38 bits per heavy atom. The van der Waals surface area contributed by atoms with Crippen LogP contribution in [0.4, 0.5) is 17.6 Å². The molecule has 0 radical (unpaired) electrons. The van der Waals surface area contributed by atoms with Crippen LogP contribution in [0.5, 0.6) is 5.75 Å². The van der Waals surface area contributed by atoms with Crippen molar-refractivity contribution >= 4 is 12.4 Å². The number of nitrogens with zero attached hydrogens (tertiary/aromatic N) is 1. The fourth-order valence-electron chi connectivity index (χ4n) is 0.794. The predicted octanol–water partition coefficient (Wildman–Crippen LogP) is 2.20. The molecule has 0 aliphatic rings. The molecule has 0 saturated carbocycles. The van der Waals surface area contributed by atoms with Crippen molar-refractivity contribution in [1.29, 1.82) is 0 Å². The zero-order chi connectivity index (χ0) is 11.5. The van der Waals surface area contributed by atoms with E-state index in [9.17, 15) is 17.6 Å². The van der Waals surface area contributed by atoms with Crippen molar-refractivity contribution in [3.8, 4) is 5.75 Å². The molecule has 1 rings (SSSR count). The number of halogens is 5. The summed E-state index contributed by atoms with van der Waals surface area (Å²) in [5.41, 5.74) is 5.65. The van der Waals surface area contributed by atoms with Crippen molar-refractivity contribution in [1.82, 2.24) is 4.98 Å². The lowest BCUT2D eigenvalue weighted by molar-refractivity contribution is -0.253. The largest absolute Gasteiger partial charge is 0.461 e. The van der Waals surface area contributed by atoms with Gasteiger partial charge in [0.05, 0.1) is 11.9 Å². The molecule has 0 saturated heterocycles. The molecule has 3 nitrogen and oxygen atoms in total. The minimum absolute atomic E-state index is 0. The van der Waals surface area contributed by atoms with Crippen LogP contribution in [-0.2, 0) is 6.54 Å². The van der Waals surface area contributed by atoms with Crippen LogP contribution in [0.1, 0.15) is 5.69 Å². The Labute approximate surface area is 95.0 Å². The summed E-state index contributed by atoms with van der Waals surface area (Å²) >= 11 is 0. The number of pyridine rings is 1. The smallest absolute Gasteiger partial charge is 0.427 e. The Bertz CT molecular complexity index is 320. The molecule has 2 N–H and O–H groups in total. The predicted molar refractivity (Wildman–Crippen MR) is 51.0 cm³/mol. The SMILES string of the molecule is Cl.NCc1ccc(OC(F)(F)C(F)F)cn1. The lowest BCUT2D eigenvalue weighted by Crippen LogP contribution is -2.33. The second kappa shape index (κ2) is 5.86. The number of nitrogens with two attached hydrogens (primary N) is 1. The second-order valence-electron chi connectivity index (χ2n) is 2.65. The molecule has 0 aliphatic heterocycles. The van der Waals surface area contributed by atoms with Crippen LogP contribution in [-0.4, -0.2) is 17.5 Å². The van der Waals surface area contributed by atoms with Gasteiger partial charge in [0.15, 0.2) is 0 Å². The monoisotopic (exact) mass is 260 g/mol. The Morgan fingerprint density at radius 3 is 2.38 bits per heavy atom. The van der Waals surface area contributed by atoms with Gasteiger partial charge in [-0.3, -0.25) is 4.98 Å². The Balaban J connectivity index is 0.00000225. The van der Waals surface area contributed by atoms with Gasteiger partial charge in [0.2, 0.25) is 0 Å². The molecule has 0 aliphatic carbocycles. The molecule has 0 fully saturated rings. The van der Waals surface area contributed by atoms with Crippen molar-refractivity contribution in [2.75, 3.05) is 0 Å². The maximum Gasteiger partial charge on any atom is 0.461 e. The summed E-state index contributed by atoms with van der Waals surface area (Å²) in [6, 6.07) is 2.42. The molecule has 0 aromatic carbocycles. The number of ether oxygens (including phenoxy) is 1. The van der Waals surface area contributed by atoms with E-state index in [-0.39, 0.29) is 19.0 Å². The van der Waals surface area contributed by atoms with Crippen molar-refractivity contribution < 1.29 is 22.3 Å². The number of hydrogen-bond acceptors (Lipinski definition) is 3. The third-order valence-electron chi connectivity index (χ3n) is 1.51. The zero-order valence-corrected chi connectivity index (χ0v) is 8.69. The summed E-state index contributed by atoms with van der Waals surface area (Å²) in [6.07, 6.45) is -7.48. The van der Waals surface area contributed by atoms with E-state index in [0.29, 0.717) is 5.69 Å². The molecule has 8 heteroatoms. The van der Waals surface area contributed by atoms with Crippen LogP contribution < -0.4 is 10.5 Å². The summed E-state index contributed by atoms with van der Waals surface area (Å²) in [7, 11) is 0. The number of rotatable bonds is 4. The summed E-state index contributed by atoms with van der Waals surface area (Å²) < 4.78 is 52.0. The molecule has 0 unspecified atom stereocenters. The summed E-state index contributed by atoms with van der Waals surface area (Å²) in [4.78, 5) is 3.61. The summed E-state index contributed by atoms with van der Waals surface area (Å²) in [5.74, 6) is -0.433. The van der Waals surface area contributed by atoms with Crippen LogP contribution in [0.2, 0.25) is 0 Å². The number of alkyl halides is 4. The van der Waals surface area contributed by atoms with E-state index in [4.69, 9.17) is 5.73 Å². The van der Waals surface area contributed by atoms with Crippen LogP contribution in [0, 0.1) is 0 Å². The topological polar surface area (TPSA) is 48.1 Å². The van der Waals surface area contributed by atoms with Gasteiger partial charge in [0.1, 0.15) is 5.75 Å². The molecule has 1 aromatic rings. The highest BCUT2D eigenvalue weighted by Gasteiger charge is 2.43. The second-order valence-corrected chi connectivity index (χ2v) is 2.65. The summed E-state index contributed by atoms with van der Waals surface area (Å²) in [5, 5.41) is 0. The van der Waals surface area contributed by atoms with Crippen LogP contribution in [0.25, 0.3) is 0 Å². The highest BCUT2D eigenvalue weighted by Crippen LogP contribution is 2.26. The molecule has 0 amide bonds. The maximum absolute atomic E-state index is 12.4. The van der Waals surface area contributed by atoms with Gasteiger partial charge < -0.3 is 10.5 Å². The Hall–Kier alpha value is -1.08. The first-order valence-electron chi connectivity index (χ1n) is 3.95. The van der Waals surface area contributed by atoms with Crippen molar-refractivity contribution in [2.24, 2.45) is 5.73 Å². The van der Waals surface area contributed by atoms with Gasteiger partial charge >= 0.3 is 12.5 Å². The molecule has 0 spiro atoms. The fraction of sp³-hybridized carbons (Fsp3) is 0.375. The molecule has 1 heterocycles. The first-order valence-corrected chi connectivity index (χ1v) is 3.95. The number of aromatic nitrogens is 1. The molecule has 0 bridgehead atoms. The van der Waals surface area contributed by atoms with Gasteiger partial charge in [-0.25, -0.2) is 0 Å². The minimum Gasteiger partial charge on any atom is -0.427 e. The first kappa shape index (κ1) is 14.9. The van der Waals surface area contributed by atoms with E-state index in [1.165, 1.54) is 6.07 Å². The van der Waals surface area contributed by atoms with Crippen LogP contribution >= 0.6 is 12.4 Å². The zero-order valence-electron chi connectivity index (χ0n) is 7.87. The average molecular weight is 261 g/mol. The Kier molecular flexibility index (Phi) is 5.46.